The summed E-state index contributed by atoms with van der Waals surface area (Å²) in [6.45, 7) is 7.89. The number of aliphatic hydroxyl groups is 1. The van der Waals surface area contributed by atoms with E-state index < -0.39 is 11.8 Å². The van der Waals surface area contributed by atoms with Crippen molar-refractivity contribution in [2.45, 2.75) is 63.9 Å². The van der Waals surface area contributed by atoms with Crippen molar-refractivity contribution in [3.63, 3.8) is 0 Å². The monoisotopic (exact) mass is 627 g/mol. The summed E-state index contributed by atoms with van der Waals surface area (Å²) < 4.78 is 13.4. The minimum atomic E-state index is -0.570. The number of urea groups is 1. The smallest absolute Gasteiger partial charge is 0.315 e. The van der Waals surface area contributed by atoms with E-state index in [-0.39, 0.29) is 36.7 Å². The summed E-state index contributed by atoms with van der Waals surface area (Å²) in [5.74, 6) is 0.172. The van der Waals surface area contributed by atoms with Crippen LogP contribution in [0.4, 0.5) is 10.5 Å². The molecular formula is C36H45N5O5. The van der Waals surface area contributed by atoms with Gasteiger partial charge in [0.1, 0.15) is 5.54 Å². The van der Waals surface area contributed by atoms with E-state index >= 15 is 0 Å². The number of hydrogen-bond donors (Lipinski definition) is 4. The molecule has 3 aliphatic heterocycles. The predicted molar refractivity (Wildman–Crippen MR) is 176 cm³/mol. The second kappa shape index (κ2) is 14.2. The highest BCUT2D eigenvalue weighted by atomic mass is 16.7. The largest absolute Gasteiger partial charge is 0.392 e. The van der Waals surface area contributed by atoms with Crippen LogP contribution in [0.25, 0.3) is 0 Å². The van der Waals surface area contributed by atoms with E-state index in [1.165, 1.54) is 0 Å². The summed E-state index contributed by atoms with van der Waals surface area (Å²) in [7, 11) is 0. The summed E-state index contributed by atoms with van der Waals surface area (Å²) in [6, 6.07) is 25.9. The summed E-state index contributed by atoms with van der Waals surface area (Å²) in [6.07, 6.45) is 0.594. The molecule has 4 unspecified atom stereocenters. The van der Waals surface area contributed by atoms with Gasteiger partial charge in [-0.2, -0.15) is 0 Å². The zero-order valence-corrected chi connectivity index (χ0v) is 26.7. The van der Waals surface area contributed by atoms with Crippen LogP contribution < -0.4 is 20.9 Å². The lowest BCUT2D eigenvalue weighted by Gasteiger charge is -2.46. The van der Waals surface area contributed by atoms with E-state index in [1.807, 2.05) is 73.7 Å². The Morgan fingerprint density at radius 3 is 2.28 bits per heavy atom. The fourth-order valence-electron chi connectivity index (χ4n) is 6.92. The van der Waals surface area contributed by atoms with Gasteiger partial charge in [0.15, 0.2) is 6.29 Å². The third-order valence-corrected chi connectivity index (χ3v) is 9.69. The number of ether oxygens (including phenoxy) is 2. The van der Waals surface area contributed by atoms with Gasteiger partial charge in [0.05, 0.1) is 25.5 Å². The number of nitrogens with one attached hydrogen (secondary N) is 3. The van der Waals surface area contributed by atoms with Crippen LogP contribution >= 0.6 is 0 Å². The minimum absolute atomic E-state index is 0.00674. The molecule has 46 heavy (non-hydrogen) atoms. The molecule has 6 rings (SSSR count). The number of carbonyl (C=O) groups is 2. The van der Waals surface area contributed by atoms with Gasteiger partial charge in [0, 0.05) is 49.9 Å². The Bertz CT molecular complexity index is 1460. The number of nitrogens with zero attached hydrogens (tertiary/aromatic N) is 2. The molecule has 3 aliphatic rings. The predicted octanol–water partition coefficient (Wildman–Crippen LogP) is 4.22. The molecule has 1 spiro atoms. The molecule has 3 amide bonds. The number of benzene rings is 3. The molecule has 0 bridgehead atoms. The van der Waals surface area contributed by atoms with Crippen LogP contribution in [0.5, 0.6) is 0 Å². The molecule has 0 saturated carbocycles. The second-order valence-corrected chi connectivity index (χ2v) is 12.5. The quantitative estimate of drug-likeness (QED) is 0.281. The van der Waals surface area contributed by atoms with Crippen molar-refractivity contribution in [2.75, 3.05) is 37.7 Å². The van der Waals surface area contributed by atoms with Crippen molar-refractivity contribution in [1.82, 2.24) is 20.9 Å². The number of aliphatic hydroxyl groups excluding tert-OH is 1. The lowest BCUT2D eigenvalue weighted by Crippen LogP contribution is -2.57. The maximum Gasteiger partial charge on any atom is 0.315 e. The summed E-state index contributed by atoms with van der Waals surface area (Å²) >= 11 is 0. The number of piperidine rings is 1. The Hall–Kier alpha value is -3.96. The zero-order valence-electron chi connectivity index (χ0n) is 26.7. The van der Waals surface area contributed by atoms with E-state index in [2.05, 4.69) is 44.8 Å². The van der Waals surface area contributed by atoms with Crippen LogP contribution in [0.15, 0.2) is 78.9 Å². The first kappa shape index (κ1) is 32.0. The van der Waals surface area contributed by atoms with Crippen molar-refractivity contribution in [3.8, 4) is 0 Å². The maximum absolute atomic E-state index is 13.2. The number of amides is 3. The first-order chi connectivity index (χ1) is 22.4. The molecule has 244 valence electrons. The van der Waals surface area contributed by atoms with E-state index in [0.29, 0.717) is 19.8 Å². The molecule has 10 nitrogen and oxygen atoms in total. The van der Waals surface area contributed by atoms with Gasteiger partial charge >= 0.3 is 6.03 Å². The van der Waals surface area contributed by atoms with Gasteiger partial charge in [-0.05, 0) is 48.6 Å². The fraction of sp³-hybridized carbons (Fsp3) is 0.444. The van der Waals surface area contributed by atoms with E-state index in [1.54, 1.807) is 0 Å². The second-order valence-electron chi connectivity index (χ2n) is 12.5. The summed E-state index contributed by atoms with van der Waals surface area (Å²) in [4.78, 5) is 29.7. The first-order valence-electron chi connectivity index (χ1n) is 16.3. The van der Waals surface area contributed by atoms with Crippen LogP contribution in [0.3, 0.4) is 0 Å². The van der Waals surface area contributed by atoms with Crippen LogP contribution in [0, 0.1) is 5.92 Å². The average Bonchev–Trinajstić information content (AvgIpc) is 3.41. The molecule has 3 heterocycles. The highest BCUT2D eigenvalue weighted by molar-refractivity contribution is 5.93. The van der Waals surface area contributed by atoms with Gasteiger partial charge in [-0.1, -0.05) is 73.7 Å². The molecule has 4 N–H and O–H groups in total. The topological polar surface area (TPSA) is 115 Å². The number of anilines is 1. The summed E-state index contributed by atoms with van der Waals surface area (Å²) in [5, 5.41) is 18.3. The number of carbonyl (C=O) groups excluding carboxylic acids is 2. The normalized spacial score (nSPS) is 24.5. The Kier molecular flexibility index (Phi) is 9.89. The van der Waals surface area contributed by atoms with Crippen molar-refractivity contribution in [1.29, 1.82) is 0 Å². The molecule has 0 aromatic heterocycles. The van der Waals surface area contributed by atoms with Gasteiger partial charge in [-0.3, -0.25) is 4.79 Å². The number of para-hydroxylation sites is 1. The SMILES string of the molecule is CCNC(=O)NCc1ccc(C2OC(CN3CCC4(CC3)C(=O)NCN4c3ccccc3)C(C)C(c3ccc(CO)cc3)O2)cc1. The Labute approximate surface area is 271 Å². The number of hydrogen-bond acceptors (Lipinski definition) is 7. The van der Waals surface area contributed by atoms with Gasteiger partial charge < -0.3 is 40.3 Å². The lowest BCUT2D eigenvalue weighted by atomic mass is 9.84. The van der Waals surface area contributed by atoms with Crippen molar-refractivity contribution >= 4 is 17.6 Å². The Balaban J connectivity index is 1.17. The highest BCUT2D eigenvalue weighted by Crippen LogP contribution is 2.43. The third kappa shape index (κ3) is 6.76. The molecule has 4 atom stereocenters. The average molecular weight is 628 g/mol. The molecule has 0 radical (unpaired) electrons. The number of likely N-dealkylation sites (tertiary alicyclic amines) is 1. The molecular weight excluding hydrogens is 582 g/mol. The van der Waals surface area contributed by atoms with Crippen LogP contribution in [-0.2, 0) is 27.4 Å². The molecule has 3 saturated heterocycles. The van der Waals surface area contributed by atoms with E-state index in [0.717, 1.165) is 60.4 Å². The third-order valence-electron chi connectivity index (χ3n) is 9.69. The van der Waals surface area contributed by atoms with Gasteiger partial charge in [-0.15, -0.1) is 0 Å². The highest BCUT2D eigenvalue weighted by Gasteiger charge is 2.51. The Morgan fingerprint density at radius 1 is 0.935 bits per heavy atom. The van der Waals surface area contributed by atoms with Gasteiger partial charge in [-0.25, -0.2) is 4.79 Å². The van der Waals surface area contributed by atoms with Crippen LogP contribution in [0.2, 0.25) is 0 Å². The fourth-order valence-corrected chi connectivity index (χ4v) is 6.92. The van der Waals surface area contributed by atoms with Crippen molar-refractivity contribution in [3.05, 3.63) is 101 Å². The van der Waals surface area contributed by atoms with Gasteiger partial charge in [0.2, 0.25) is 5.91 Å². The van der Waals surface area contributed by atoms with E-state index in [4.69, 9.17) is 9.47 Å². The number of rotatable bonds is 9. The molecule has 3 aromatic carbocycles. The van der Waals surface area contributed by atoms with E-state index in [9.17, 15) is 14.7 Å². The van der Waals surface area contributed by atoms with Crippen molar-refractivity contribution < 1.29 is 24.2 Å². The first-order valence-corrected chi connectivity index (χ1v) is 16.3. The molecule has 10 heteroatoms. The molecule has 3 fully saturated rings. The summed E-state index contributed by atoms with van der Waals surface area (Å²) in [5.41, 5.74) is 4.33. The maximum atomic E-state index is 13.2. The Morgan fingerprint density at radius 2 is 1.61 bits per heavy atom. The molecule has 3 aromatic rings. The van der Waals surface area contributed by atoms with Gasteiger partial charge in [0.25, 0.3) is 0 Å². The van der Waals surface area contributed by atoms with Crippen molar-refractivity contribution in [2.24, 2.45) is 5.92 Å². The van der Waals surface area contributed by atoms with Crippen LogP contribution in [-0.4, -0.2) is 66.4 Å². The molecule has 0 aliphatic carbocycles. The lowest BCUT2D eigenvalue weighted by molar-refractivity contribution is -0.276. The minimum Gasteiger partial charge on any atom is -0.392 e. The standard InChI is InChI=1S/C36H45N5O5/c1-3-37-35(44)38-21-26-9-15-29(16-10-26)33-45-31(25(2)32(46-33)28-13-11-27(23-42)12-14-28)22-40-19-17-36(18-20-40)34(43)39-24-41(36)30-7-5-4-6-8-30/h4-16,25,31-33,42H,3,17-24H2,1-2H3,(H,39,43)(H2,37,38,44). The van der Waals surface area contributed by atoms with Crippen LogP contribution in [0.1, 0.15) is 61.3 Å². The zero-order chi connectivity index (χ0) is 32.1.